The van der Waals surface area contributed by atoms with Crippen LogP contribution in [-0.2, 0) is 24.3 Å². The van der Waals surface area contributed by atoms with Crippen molar-refractivity contribution in [3.05, 3.63) is 36.9 Å². The van der Waals surface area contributed by atoms with Gasteiger partial charge in [-0.25, -0.2) is 13.1 Å². The molecule has 0 aromatic heterocycles. The SMILES string of the molecule is C=CCNC(=O)COC(=O)CCNS(=O)(=O)c1ccc(OCC)cc1. The van der Waals surface area contributed by atoms with Crippen molar-refractivity contribution < 1.29 is 27.5 Å². The van der Waals surface area contributed by atoms with Crippen LogP contribution in [0.15, 0.2) is 41.8 Å². The summed E-state index contributed by atoms with van der Waals surface area (Å²) < 4.78 is 36.4. The molecule has 25 heavy (non-hydrogen) atoms. The van der Waals surface area contributed by atoms with E-state index in [1.165, 1.54) is 18.2 Å². The molecule has 2 N–H and O–H groups in total. The van der Waals surface area contributed by atoms with Crippen molar-refractivity contribution in [2.75, 3.05) is 26.3 Å². The quantitative estimate of drug-likeness (QED) is 0.436. The number of hydrogen-bond acceptors (Lipinski definition) is 6. The molecule has 0 saturated heterocycles. The summed E-state index contributed by atoms with van der Waals surface area (Å²) in [5, 5.41) is 2.45. The van der Waals surface area contributed by atoms with Crippen molar-refractivity contribution in [3.8, 4) is 5.75 Å². The van der Waals surface area contributed by atoms with Crippen LogP contribution < -0.4 is 14.8 Å². The van der Waals surface area contributed by atoms with Gasteiger partial charge in [-0.3, -0.25) is 9.59 Å². The average Bonchev–Trinajstić information content (AvgIpc) is 2.58. The maximum Gasteiger partial charge on any atom is 0.307 e. The van der Waals surface area contributed by atoms with Crippen LogP contribution >= 0.6 is 0 Å². The molecule has 0 spiro atoms. The van der Waals surface area contributed by atoms with Gasteiger partial charge in [0.15, 0.2) is 6.61 Å². The van der Waals surface area contributed by atoms with E-state index < -0.39 is 28.5 Å². The third kappa shape index (κ3) is 7.81. The summed E-state index contributed by atoms with van der Waals surface area (Å²) in [5.41, 5.74) is 0. The van der Waals surface area contributed by atoms with Crippen molar-refractivity contribution in [1.82, 2.24) is 10.0 Å². The molecule has 0 radical (unpaired) electrons. The highest BCUT2D eigenvalue weighted by Crippen LogP contribution is 2.15. The Labute approximate surface area is 147 Å². The molecule has 138 valence electrons. The van der Waals surface area contributed by atoms with E-state index in [9.17, 15) is 18.0 Å². The molecule has 0 unspecified atom stereocenters. The van der Waals surface area contributed by atoms with E-state index in [2.05, 4.69) is 16.6 Å². The van der Waals surface area contributed by atoms with Gasteiger partial charge in [0.25, 0.3) is 5.91 Å². The maximum absolute atomic E-state index is 12.1. The Morgan fingerprint density at radius 3 is 2.52 bits per heavy atom. The number of hydrogen-bond donors (Lipinski definition) is 2. The number of esters is 1. The Balaban J connectivity index is 2.39. The minimum atomic E-state index is -3.73. The van der Waals surface area contributed by atoms with Crippen molar-refractivity contribution >= 4 is 21.9 Å². The molecule has 0 aliphatic rings. The minimum Gasteiger partial charge on any atom is -0.494 e. The van der Waals surface area contributed by atoms with Crippen LogP contribution in [0.3, 0.4) is 0 Å². The van der Waals surface area contributed by atoms with E-state index in [1.54, 1.807) is 12.1 Å². The van der Waals surface area contributed by atoms with E-state index >= 15 is 0 Å². The van der Waals surface area contributed by atoms with Crippen LogP contribution in [0.2, 0.25) is 0 Å². The number of ether oxygens (including phenoxy) is 2. The first kappa shape index (κ1) is 20.7. The molecule has 9 heteroatoms. The zero-order chi connectivity index (χ0) is 18.7. The summed E-state index contributed by atoms with van der Waals surface area (Å²) in [6.07, 6.45) is 1.31. The number of rotatable bonds is 11. The van der Waals surface area contributed by atoms with E-state index in [0.717, 1.165) is 0 Å². The number of benzene rings is 1. The van der Waals surface area contributed by atoms with Gasteiger partial charge in [0.2, 0.25) is 10.0 Å². The van der Waals surface area contributed by atoms with Gasteiger partial charge < -0.3 is 14.8 Å². The Morgan fingerprint density at radius 1 is 1.24 bits per heavy atom. The van der Waals surface area contributed by atoms with Crippen LogP contribution in [0, 0.1) is 0 Å². The van der Waals surface area contributed by atoms with Gasteiger partial charge >= 0.3 is 5.97 Å². The van der Waals surface area contributed by atoms with Crippen LogP contribution in [0.1, 0.15) is 13.3 Å². The van der Waals surface area contributed by atoms with E-state index in [0.29, 0.717) is 12.4 Å². The zero-order valence-corrected chi connectivity index (χ0v) is 14.8. The smallest absolute Gasteiger partial charge is 0.307 e. The molecule has 1 aromatic rings. The number of nitrogens with one attached hydrogen (secondary N) is 2. The van der Waals surface area contributed by atoms with Gasteiger partial charge in [-0.15, -0.1) is 6.58 Å². The largest absolute Gasteiger partial charge is 0.494 e. The Bertz CT molecular complexity index is 685. The molecule has 0 fully saturated rings. The van der Waals surface area contributed by atoms with Gasteiger partial charge in [0, 0.05) is 13.1 Å². The maximum atomic E-state index is 12.1. The topological polar surface area (TPSA) is 111 Å². The van der Waals surface area contributed by atoms with Gasteiger partial charge in [-0.2, -0.15) is 0 Å². The van der Waals surface area contributed by atoms with E-state index in [4.69, 9.17) is 9.47 Å². The summed E-state index contributed by atoms with van der Waals surface area (Å²) >= 11 is 0. The van der Waals surface area contributed by atoms with E-state index in [1.807, 2.05) is 6.92 Å². The zero-order valence-electron chi connectivity index (χ0n) is 14.0. The summed E-state index contributed by atoms with van der Waals surface area (Å²) in [7, 11) is -3.73. The molecule has 0 atom stereocenters. The van der Waals surface area contributed by atoms with Gasteiger partial charge in [0.1, 0.15) is 5.75 Å². The van der Waals surface area contributed by atoms with Crippen molar-refractivity contribution in [1.29, 1.82) is 0 Å². The lowest BCUT2D eigenvalue weighted by Gasteiger charge is -2.08. The Hall–Kier alpha value is -2.39. The summed E-state index contributed by atoms with van der Waals surface area (Å²) in [6.45, 7) is 5.47. The predicted octanol–water partition coefficient (Wildman–Crippen LogP) is 0.599. The third-order valence-electron chi connectivity index (χ3n) is 2.87. The van der Waals surface area contributed by atoms with Crippen molar-refractivity contribution in [3.63, 3.8) is 0 Å². The fourth-order valence-electron chi connectivity index (χ4n) is 1.71. The number of sulfonamides is 1. The lowest BCUT2D eigenvalue weighted by molar-refractivity contribution is -0.148. The predicted molar refractivity (Wildman–Crippen MR) is 91.6 cm³/mol. The molecule has 1 aromatic carbocycles. The molecular weight excluding hydrogens is 348 g/mol. The second-order valence-corrected chi connectivity index (χ2v) is 6.57. The molecule has 1 rings (SSSR count). The lowest BCUT2D eigenvalue weighted by Crippen LogP contribution is -2.30. The number of amides is 1. The number of carbonyl (C=O) groups excluding carboxylic acids is 2. The first-order valence-corrected chi connectivity index (χ1v) is 9.13. The fraction of sp³-hybridized carbons (Fsp3) is 0.375. The average molecular weight is 370 g/mol. The molecule has 8 nitrogen and oxygen atoms in total. The highest BCUT2D eigenvalue weighted by Gasteiger charge is 2.15. The lowest BCUT2D eigenvalue weighted by atomic mass is 10.3. The van der Waals surface area contributed by atoms with Gasteiger partial charge in [-0.05, 0) is 31.2 Å². The van der Waals surface area contributed by atoms with Crippen molar-refractivity contribution in [2.24, 2.45) is 0 Å². The van der Waals surface area contributed by atoms with Gasteiger partial charge in [0.05, 0.1) is 17.9 Å². The third-order valence-corrected chi connectivity index (χ3v) is 4.35. The monoisotopic (exact) mass is 370 g/mol. The van der Waals surface area contributed by atoms with Crippen LogP contribution in [-0.4, -0.2) is 46.6 Å². The van der Waals surface area contributed by atoms with Crippen LogP contribution in [0.5, 0.6) is 5.75 Å². The molecule has 0 aliphatic carbocycles. The molecule has 0 bridgehead atoms. The first-order valence-electron chi connectivity index (χ1n) is 7.64. The molecule has 0 aliphatic heterocycles. The normalized spacial score (nSPS) is 10.8. The minimum absolute atomic E-state index is 0.0631. The number of carbonyl (C=O) groups is 2. The standard InChI is InChI=1S/C16H22N2O6S/c1-3-10-17-15(19)12-24-16(20)9-11-18-25(21,22)14-7-5-13(6-8-14)23-4-2/h3,5-8,18H,1,4,9-12H2,2H3,(H,17,19). The Morgan fingerprint density at radius 2 is 1.92 bits per heavy atom. The fourth-order valence-corrected chi connectivity index (χ4v) is 2.74. The highest BCUT2D eigenvalue weighted by atomic mass is 32.2. The van der Waals surface area contributed by atoms with Crippen molar-refractivity contribution in [2.45, 2.75) is 18.2 Å². The van der Waals surface area contributed by atoms with Gasteiger partial charge in [-0.1, -0.05) is 6.08 Å². The second kappa shape index (κ2) is 10.5. The highest BCUT2D eigenvalue weighted by molar-refractivity contribution is 7.89. The summed E-state index contributed by atoms with van der Waals surface area (Å²) in [5.74, 6) is -0.564. The first-order chi connectivity index (χ1) is 11.9. The Kier molecular flexibility index (Phi) is 8.65. The summed E-state index contributed by atoms with van der Waals surface area (Å²) in [6, 6.07) is 5.92. The molecular formula is C16H22N2O6S. The summed E-state index contributed by atoms with van der Waals surface area (Å²) in [4.78, 5) is 22.8. The molecule has 0 saturated carbocycles. The molecule has 1 amide bonds. The molecule has 0 heterocycles. The van der Waals surface area contributed by atoms with E-state index in [-0.39, 0.29) is 24.4 Å². The van der Waals surface area contributed by atoms with Crippen LogP contribution in [0.25, 0.3) is 0 Å². The second-order valence-electron chi connectivity index (χ2n) is 4.81. The van der Waals surface area contributed by atoms with Crippen LogP contribution in [0.4, 0.5) is 0 Å².